The minimum atomic E-state index is -4.44. The van der Waals surface area contributed by atoms with Crippen LogP contribution in [0.3, 0.4) is 0 Å². The van der Waals surface area contributed by atoms with Gasteiger partial charge in [-0.2, -0.15) is 22.8 Å². The van der Waals surface area contributed by atoms with Crippen molar-refractivity contribution < 1.29 is 22.4 Å². The van der Waals surface area contributed by atoms with Crippen molar-refractivity contribution in [2.75, 3.05) is 6.61 Å². The molecule has 35 heavy (non-hydrogen) atoms. The number of benzene rings is 2. The first-order valence-corrected chi connectivity index (χ1v) is 10.4. The first-order chi connectivity index (χ1) is 16.8. The lowest BCUT2D eigenvalue weighted by Crippen LogP contribution is -2.21. The van der Waals surface area contributed by atoms with Gasteiger partial charge in [-0.3, -0.25) is 9.36 Å². The summed E-state index contributed by atoms with van der Waals surface area (Å²) in [5.74, 6) is 0.866. The third-order valence-electron chi connectivity index (χ3n) is 5.07. The van der Waals surface area contributed by atoms with Crippen LogP contribution in [0.15, 0.2) is 64.2 Å². The van der Waals surface area contributed by atoms with Crippen molar-refractivity contribution in [3.8, 4) is 22.8 Å². The SMILES string of the molecule is CCOc1ccc(-n2nnc3c(=O)n(Cc4nc(-c5ccc(C(F)(F)F)cc5)no4)cnc32)cc1. The van der Waals surface area contributed by atoms with E-state index in [1.807, 2.05) is 6.92 Å². The molecule has 0 spiro atoms. The van der Waals surface area contributed by atoms with Crippen LogP contribution in [0.4, 0.5) is 13.2 Å². The van der Waals surface area contributed by atoms with Gasteiger partial charge in [-0.05, 0) is 43.3 Å². The fourth-order valence-electron chi connectivity index (χ4n) is 3.37. The Labute approximate surface area is 194 Å². The fourth-order valence-corrected chi connectivity index (χ4v) is 3.37. The van der Waals surface area contributed by atoms with Crippen LogP contribution in [0.5, 0.6) is 5.75 Å². The average Bonchev–Trinajstić information content (AvgIpc) is 3.49. The number of aromatic nitrogens is 7. The fraction of sp³-hybridized carbons (Fsp3) is 0.182. The van der Waals surface area contributed by atoms with E-state index in [0.29, 0.717) is 23.6 Å². The van der Waals surface area contributed by atoms with E-state index in [9.17, 15) is 18.0 Å². The van der Waals surface area contributed by atoms with Crippen molar-refractivity contribution in [3.05, 3.63) is 76.7 Å². The first kappa shape index (κ1) is 22.3. The van der Waals surface area contributed by atoms with Crippen LogP contribution in [-0.2, 0) is 12.7 Å². The van der Waals surface area contributed by atoms with E-state index in [1.54, 1.807) is 24.3 Å². The van der Waals surface area contributed by atoms with Gasteiger partial charge in [0.2, 0.25) is 11.7 Å². The maximum Gasteiger partial charge on any atom is 0.416 e. The van der Waals surface area contributed by atoms with Crippen molar-refractivity contribution in [1.82, 2.24) is 34.7 Å². The topological polar surface area (TPSA) is 114 Å². The predicted octanol–water partition coefficient (Wildman–Crippen LogP) is 3.49. The molecule has 13 heteroatoms. The van der Waals surface area contributed by atoms with Gasteiger partial charge in [0.05, 0.1) is 17.9 Å². The van der Waals surface area contributed by atoms with E-state index >= 15 is 0 Å². The second-order valence-electron chi connectivity index (χ2n) is 7.36. The molecule has 0 saturated heterocycles. The van der Waals surface area contributed by atoms with Crippen molar-refractivity contribution in [1.29, 1.82) is 0 Å². The number of ether oxygens (including phenoxy) is 1. The summed E-state index contributed by atoms with van der Waals surface area (Å²) in [5.41, 5.74) is 0.0526. The maximum atomic E-state index is 12.9. The van der Waals surface area contributed by atoms with E-state index < -0.39 is 17.3 Å². The number of alkyl halides is 3. The molecule has 10 nitrogen and oxygen atoms in total. The highest BCUT2D eigenvalue weighted by molar-refractivity contribution is 5.70. The lowest BCUT2D eigenvalue weighted by atomic mass is 10.1. The second-order valence-corrected chi connectivity index (χ2v) is 7.36. The van der Waals surface area contributed by atoms with Crippen LogP contribution in [0.2, 0.25) is 0 Å². The number of hydrogen-bond acceptors (Lipinski definition) is 8. The second kappa shape index (κ2) is 8.66. The van der Waals surface area contributed by atoms with E-state index in [2.05, 4.69) is 25.4 Å². The average molecular weight is 483 g/mol. The van der Waals surface area contributed by atoms with Gasteiger partial charge in [0.25, 0.3) is 5.56 Å². The summed E-state index contributed by atoms with van der Waals surface area (Å²) in [4.78, 5) is 21.4. The minimum Gasteiger partial charge on any atom is -0.494 e. The van der Waals surface area contributed by atoms with Crippen LogP contribution >= 0.6 is 0 Å². The Bertz CT molecular complexity index is 1540. The van der Waals surface area contributed by atoms with E-state index in [-0.39, 0.29) is 29.4 Å². The molecule has 0 aliphatic heterocycles. The highest BCUT2D eigenvalue weighted by Crippen LogP contribution is 2.30. The van der Waals surface area contributed by atoms with E-state index in [4.69, 9.17) is 9.26 Å². The number of rotatable bonds is 6. The summed E-state index contributed by atoms with van der Waals surface area (Å²) >= 11 is 0. The molecule has 3 aromatic heterocycles. The van der Waals surface area contributed by atoms with Crippen LogP contribution in [0, 0.1) is 0 Å². The van der Waals surface area contributed by atoms with Crippen LogP contribution in [0.25, 0.3) is 28.2 Å². The summed E-state index contributed by atoms with van der Waals surface area (Å²) in [6.45, 7) is 2.32. The van der Waals surface area contributed by atoms with Gasteiger partial charge in [0.15, 0.2) is 11.2 Å². The predicted molar refractivity (Wildman–Crippen MR) is 116 cm³/mol. The van der Waals surface area contributed by atoms with E-state index in [1.165, 1.54) is 27.7 Å². The molecule has 0 radical (unpaired) electrons. The lowest BCUT2D eigenvalue weighted by Gasteiger charge is -2.06. The highest BCUT2D eigenvalue weighted by atomic mass is 19.4. The molecule has 0 amide bonds. The summed E-state index contributed by atoms with van der Waals surface area (Å²) in [6.07, 6.45) is -3.14. The summed E-state index contributed by atoms with van der Waals surface area (Å²) in [7, 11) is 0. The third kappa shape index (κ3) is 4.35. The molecule has 2 aromatic carbocycles. The molecule has 5 aromatic rings. The van der Waals surface area contributed by atoms with Gasteiger partial charge in [-0.1, -0.05) is 22.5 Å². The zero-order valence-electron chi connectivity index (χ0n) is 18.1. The third-order valence-corrected chi connectivity index (χ3v) is 5.07. The smallest absolute Gasteiger partial charge is 0.416 e. The molecule has 0 atom stereocenters. The van der Waals surface area contributed by atoms with Crippen LogP contribution < -0.4 is 10.3 Å². The normalized spacial score (nSPS) is 11.8. The molecule has 0 aliphatic rings. The summed E-state index contributed by atoms with van der Waals surface area (Å²) < 4.78 is 51.5. The maximum absolute atomic E-state index is 12.9. The zero-order valence-corrected chi connectivity index (χ0v) is 18.1. The van der Waals surface area contributed by atoms with Crippen LogP contribution in [0.1, 0.15) is 18.4 Å². The van der Waals surface area contributed by atoms with Crippen molar-refractivity contribution in [3.63, 3.8) is 0 Å². The molecule has 0 saturated carbocycles. The van der Waals surface area contributed by atoms with Crippen molar-refractivity contribution >= 4 is 11.2 Å². The van der Waals surface area contributed by atoms with Gasteiger partial charge in [-0.25, -0.2) is 4.98 Å². The number of fused-ring (bicyclic) bond motifs is 1. The molecule has 0 N–H and O–H groups in total. The van der Waals surface area contributed by atoms with Gasteiger partial charge in [0.1, 0.15) is 18.6 Å². The Hall–Kier alpha value is -4.55. The van der Waals surface area contributed by atoms with Crippen LogP contribution in [-0.4, -0.2) is 41.3 Å². The van der Waals surface area contributed by atoms with Crippen molar-refractivity contribution in [2.45, 2.75) is 19.6 Å². The Balaban J connectivity index is 1.38. The molecule has 0 unspecified atom stereocenters. The molecular weight excluding hydrogens is 467 g/mol. The molecule has 3 heterocycles. The Morgan fingerprint density at radius 3 is 2.49 bits per heavy atom. The van der Waals surface area contributed by atoms with Gasteiger partial charge >= 0.3 is 6.18 Å². The van der Waals surface area contributed by atoms with Gasteiger partial charge in [-0.15, -0.1) is 5.10 Å². The summed E-state index contributed by atoms with van der Waals surface area (Å²) in [6, 6.07) is 11.5. The number of hydrogen-bond donors (Lipinski definition) is 0. The molecule has 0 aliphatic carbocycles. The Morgan fingerprint density at radius 1 is 1.06 bits per heavy atom. The van der Waals surface area contributed by atoms with Gasteiger partial charge in [0, 0.05) is 5.56 Å². The van der Waals surface area contributed by atoms with Crippen molar-refractivity contribution in [2.24, 2.45) is 0 Å². The highest BCUT2D eigenvalue weighted by Gasteiger charge is 2.30. The summed E-state index contributed by atoms with van der Waals surface area (Å²) in [5, 5.41) is 11.8. The molecule has 178 valence electrons. The lowest BCUT2D eigenvalue weighted by molar-refractivity contribution is -0.137. The quantitative estimate of drug-likeness (QED) is 0.361. The standard InChI is InChI=1S/C22H16F3N7O3/c1-2-34-16-9-7-15(8-10-16)32-20-18(28-30-32)21(33)31(12-26-20)11-17-27-19(29-35-17)13-3-5-14(6-4-13)22(23,24)25/h3-10,12H,2,11H2,1H3. The Kier molecular flexibility index (Phi) is 5.51. The zero-order chi connectivity index (χ0) is 24.6. The molecule has 5 rings (SSSR count). The number of nitrogens with zero attached hydrogens (tertiary/aromatic N) is 7. The largest absolute Gasteiger partial charge is 0.494 e. The monoisotopic (exact) mass is 483 g/mol. The van der Waals surface area contributed by atoms with Gasteiger partial charge < -0.3 is 9.26 Å². The molecular formula is C22H16F3N7O3. The minimum absolute atomic E-state index is 0.0452. The first-order valence-electron chi connectivity index (χ1n) is 10.4. The van der Waals surface area contributed by atoms with E-state index in [0.717, 1.165) is 12.1 Å². The number of halogens is 3. The molecule has 0 fully saturated rings. The Morgan fingerprint density at radius 2 is 1.80 bits per heavy atom. The molecule has 0 bridgehead atoms.